The second-order valence-electron chi connectivity index (χ2n) is 8.55. The Morgan fingerprint density at radius 1 is 0.875 bits per heavy atom. The van der Waals surface area contributed by atoms with E-state index in [2.05, 4.69) is 16.0 Å². The molecule has 6 atom stereocenters. The average Bonchev–Trinajstić information content (AvgIpc) is 2.72. The number of hydrogen-bond donors (Lipinski definition) is 7. The SMILES string of the molecule is CCC(C)C(NC(=O)C(CCCCN)NC(=O)C(NC(=O)C(N)C(C)C)C(C)O)C(=O)O. The minimum Gasteiger partial charge on any atom is -0.480 e. The Morgan fingerprint density at radius 3 is 1.88 bits per heavy atom. The fourth-order valence-electron chi connectivity index (χ4n) is 2.92. The molecule has 0 saturated carbocycles. The number of aliphatic hydroxyl groups excluding tert-OH is 1. The number of aliphatic hydroxyl groups is 1. The number of hydrogen-bond acceptors (Lipinski definition) is 7. The molecule has 0 rings (SSSR count). The second kappa shape index (κ2) is 14.8. The second-order valence-corrected chi connectivity index (χ2v) is 8.55. The number of nitrogens with one attached hydrogen (secondary N) is 3. The normalized spacial score (nSPS) is 16.9. The molecule has 11 heteroatoms. The molecule has 3 amide bonds. The van der Waals surface area contributed by atoms with Gasteiger partial charge in [-0.2, -0.15) is 0 Å². The van der Waals surface area contributed by atoms with Crippen molar-refractivity contribution in [1.29, 1.82) is 0 Å². The van der Waals surface area contributed by atoms with E-state index in [0.29, 0.717) is 25.8 Å². The first-order valence-corrected chi connectivity index (χ1v) is 11.1. The highest BCUT2D eigenvalue weighted by atomic mass is 16.4. The van der Waals surface area contributed by atoms with Crippen LogP contribution in [0.5, 0.6) is 0 Å². The quantitative estimate of drug-likeness (QED) is 0.152. The molecular formula is C21H41N5O6. The Hall–Kier alpha value is -2.24. The van der Waals surface area contributed by atoms with Crippen molar-refractivity contribution in [2.75, 3.05) is 6.54 Å². The van der Waals surface area contributed by atoms with Crippen LogP contribution in [0.2, 0.25) is 0 Å². The first kappa shape index (κ1) is 29.8. The van der Waals surface area contributed by atoms with Crippen LogP contribution in [0.25, 0.3) is 0 Å². The van der Waals surface area contributed by atoms with Crippen LogP contribution in [0, 0.1) is 11.8 Å². The van der Waals surface area contributed by atoms with Crippen molar-refractivity contribution in [1.82, 2.24) is 16.0 Å². The fourth-order valence-corrected chi connectivity index (χ4v) is 2.92. The molecule has 0 fully saturated rings. The third-order valence-corrected chi connectivity index (χ3v) is 5.44. The van der Waals surface area contributed by atoms with Gasteiger partial charge < -0.3 is 37.6 Å². The maximum atomic E-state index is 12.8. The summed E-state index contributed by atoms with van der Waals surface area (Å²) in [5, 5.41) is 26.9. The van der Waals surface area contributed by atoms with Gasteiger partial charge in [0.05, 0.1) is 12.1 Å². The van der Waals surface area contributed by atoms with E-state index in [0.717, 1.165) is 0 Å². The number of rotatable bonds is 15. The van der Waals surface area contributed by atoms with Crippen LogP contribution in [0.1, 0.15) is 60.3 Å². The molecule has 0 spiro atoms. The minimum absolute atomic E-state index is 0.184. The molecule has 0 bridgehead atoms. The lowest BCUT2D eigenvalue weighted by molar-refractivity contribution is -0.144. The Balaban J connectivity index is 5.50. The van der Waals surface area contributed by atoms with Gasteiger partial charge in [-0.1, -0.05) is 34.1 Å². The zero-order valence-electron chi connectivity index (χ0n) is 19.8. The van der Waals surface area contributed by atoms with Crippen molar-refractivity contribution in [3.8, 4) is 0 Å². The van der Waals surface area contributed by atoms with Gasteiger partial charge in [0.15, 0.2) is 0 Å². The summed E-state index contributed by atoms with van der Waals surface area (Å²) in [6, 6.07) is -4.38. The van der Waals surface area contributed by atoms with E-state index in [-0.39, 0.29) is 18.3 Å². The maximum absolute atomic E-state index is 12.8. The summed E-state index contributed by atoms with van der Waals surface area (Å²) in [6.07, 6.45) is 0.617. The third-order valence-electron chi connectivity index (χ3n) is 5.44. The van der Waals surface area contributed by atoms with E-state index >= 15 is 0 Å². The van der Waals surface area contributed by atoms with Gasteiger partial charge in [0.2, 0.25) is 17.7 Å². The Morgan fingerprint density at radius 2 is 1.44 bits per heavy atom. The predicted molar refractivity (Wildman–Crippen MR) is 120 cm³/mol. The van der Waals surface area contributed by atoms with E-state index < -0.39 is 54.0 Å². The Bertz CT molecular complexity index is 628. The molecule has 0 saturated heterocycles. The zero-order valence-corrected chi connectivity index (χ0v) is 19.8. The summed E-state index contributed by atoms with van der Waals surface area (Å²) in [6.45, 7) is 8.74. The summed E-state index contributed by atoms with van der Waals surface area (Å²) in [5.41, 5.74) is 11.3. The Kier molecular flexibility index (Phi) is 13.7. The van der Waals surface area contributed by atoms with Crippen molar-refractivity contribution < 1.29 is 29.4 Å². The van der Waals surface area contributed by atoms with Gasteiger partial charge in [-0.3, -0.25) is 14.4 Å². The summed E-state index contributed by atoms with van der Waals surface area (Å²) in [5.74, 6) is -3.70. The molecule has 32 heavy (non-hydrogen) atoms. The molecule has 0 radical (unpaired) electrons. The smallest absolute Gasteiger partial charge is 0.326 e. The van der Waals surface area contributed by atoms with Crippen molar-refractivity contribution >= 4 is 23.7 Å². The summed E-state index contributed by atoms with van der Waals surface area (Å²) >= 11 is 0. The molecule has 0 aromatic rings. The van der Waals surface area contributed by atoms with Gasteiger partial charge in [0, 0.05) is 0 Å². The highest BCUT2D eigenvalue weighted by Crippen LogP contribution is 2.10. The van der Waals surface area contributed by atoms with Crippen molar-refractivity contribution in [2.24, 2.45) is 23.3 Å². The van der Waals surface area contributed by atoms with Crippen LogP contribution in [-0.4, -0.2) is 70.7 Å². The molecule has 0 aliphatic heterocycles. The van der Waals surface area contributed by atoms with Gasteiger partial charge in [-0.25, -0.2) is 4.79 Å². The summed E-state index contributed by atoms with van der Waals surface area (Å²) < 4.78 is 0. The standard InChI is InChI=1S/C21H41N5O6/c1-6-12(4)16(21(31)32)25-18(28)14(9-7-8-10-22)24-20(30)17(13(5)27)26-19(29)15(23)11(2)3/h11-17,27H,6-10,22-23H2,1-5H3,(H,24,30)(H,25,28)(H,26,29)(H,31,32). The minimum atomic E-state index is -1.33. The lowest BCUT2D eigenvalue weighted by Gasteiger charge is -2.28. The highest BCUT2D eigenvalue weighted by molar-refractivity contribution is 5.94. The van der Waals surface area contributed by atoms with Crippen molar-refractivity contribution in [3.63, 3.8) is 0 Å². The van der Waals surface area contributed by atoms with Gasteiger partial charge in [-0.05, 0) is 44.6 Å². The molecule has 9 N–H and O–H groups in total. The van der Waals surface area contributed by atoms with E-state index in [1.54, 1.807) is 20.8 Å². The van der Waals surface area contributed by atoms with Crippen LogP contribution in [-0.2, 0) is 19.2 Å². The number of carbonyl (C=O) groups excluding carboxylic acids is 3. The number of nitrogens with two attached hydrogens (primary N) is 2. The number of aliphatic carboxylic acids is 1. The predicted octanol–water partition coefficient (Wildman–Crippen LogP) is -0.935. The van der Waals surface area contributed by atoms with Crippen LogP contribution in [0.3, 0.4) is 0 Å². The highest BCUT2D eigenvalue weighted by Gasteiger charge is 2.33. The monoisotopic (exact) mass is 459 g/mol. The topological polar surface area (TPSA) is 197 Å². The van der Waals surface area contributed by atoms with Gasteiger partial charge in [-0.15, -0.1) is 0 Å². The van der Waals surface area contributed by atoms with Gasteiger partial charge in [0.25, 0.3) is 0 Å². The molecule has 186 valence electrons. The lowest BCUT2D eigenvalue weighted by Crippen LogP contribution is -2.60. The molecule has 0 aliphatic carbocycles. The first-order chi connectivity index (χ1) is 14.9. The summed E-state index contributed by atoms with van der Waals surface area (Å²) in [4.78, 5) is 49.5. The number of carboxylic acid groups (broad SMARTS) is 1. The molecule has 6 unspecified atom stereocenters. The Labute approximate surface area is 190 Å². The maximum Gasteiger partial charge on any atom is 0.326 e. The van der Waals surface area contributed by atoms with E-state index in [4.69, 9.17) is 11.5 Å². The van der Waals surface area contributed by atoms with Crippen molar-refractivity contribution in [2.45, 2.75) is 90.6 Å². The molecule has 0 heterocycles. The number of unbranched alkanes of at least 4 members (excludes halogenated alkanes) is 1. The van der Waals surface area contributed by atoms with E-state index in [1.165, 1.54) is 6.92 Å². The van der Waals surface area contributed by atoms with Crippen LogP contribution in [0.15, 0.2) is 0 Å². The molecule has 0 aromatic heterocycles. The van der Waals surface area contributed by atoms with E-state index in [1.807, 2.05) is 6.92 Å². The van der Waals surface area contributed by atoms with Crippen LogP contribution >= 0.6 is 0 Å². The fraction of sp³-hybridized carbons (Fsp3) is 0.810. The number of amides is 3. The van der Waals surface area contributed by atoms with Crippen molar-refractivity contribution in [3.05, 3.63) is 0 Å². The van der Waals surface area contributed by atoms with Gasteiger partial charge in [0.1, 0.15) is 18.1 Å². The summed E-state index contributed by atoms with van der Waals surface area (Å²) in [7, 11) is 0. The molecular weight excluding hydrogens is 418 g/mol. The zero-order chi connectivity index (χ0) is 25.0. The molecule has 0 aliphatic rings. The van der Waals surface area contributed by atoms with Crippen LogP contribution < -0.4 is 27.4 Å². The van der Waals surface area contributed by atoms with Gasteiger partial charge >= 0.3 is 5.97 Å². The third kappa shape index (κ3) is 9.92. The number of carbonyl (C=O) groups is 4. The number of carboxylic acids is 1. The van der Waals surface area contributed by atoms with E-state index in [9.17, 15) is 29.4 Å². The lowest BCUT2D eigenvalue weighted by atomic mass is 9.98. The molecule has 0 aromatic carbocycles. The first-order valence-electron chi connectivity index (χ1n) is 11.1. The average molecular weight is 460 g/mol. The van der Waals surface area contributed by atoms with Crippen LogP contribution in [0.4, 0.5) is 0 Å². The molecule has 11 nitrogen and oxygen atoms in total. The largest absolute Gasteiger partial charge is 0.480 e.